The van der Waals surface area contributed by atoms with E-state index in [1.807, 2.05) is 0 Å². The molecule has 0 spiro atoms. The van der Waals surface area contributed by atoms with Crippen molar-refractivity contribution in [3.05, 3.63) is 18.2 Å². The van der Waals surface area contributed by atoms with Crippen LogP contribution in [-0.4, -0.2) is 5.26 Å². The van der Waals surface area contributed by atoms with Crippen LogP contribution in [0.25, 0.3) is 0 Å². The topological polar surface area (TPSA) is 55.5 Å². The molecule has 0 radical (unpaired) electrons. The smallest absolute Gasteiger partial charge is 0.0681 e. The van der Waals surface area contributed by atoms with Crippen LogP contribution in [0.5, 0.6) is 0 Å². The van der Waals surface area contributed by atoms with Crippen LogP contribution < -0.4 is 5.73 Å². The summed E-state index contributed by atoms with van der Waals surface area (Å²) in [6.45, 7) is 0. The van der Waals surface area contributed by atoms with Crippen molar-refractivity contribution in [2.75, 3.05) is 5.73 Å². The summed E-state index contributed by atoms with van der Waals surface area (Å²) in [5.41, 5.74) is 6.08. The lowest BCUT2D eigenvalue weighted by atomic mass is 10.3. The van der Waals surface area contributed by atoms with Gasteiger partial charge < -0.3 is 5.73 Å². The predicted octanol–water partition coefficient (Wildman–Crippen LogP) is 2.05. The summed E-state index contributed by atoms with van der Waals surface area (Å²) in [6.07, 6.45) is 0. The highest BCUT2D eigenvalue weighted by Crippen LogP contribution is 2.23. The molecule has 0 aliphatic rings. The fourth-order valence-electron chi connectivity index (χ4n) is 0.697. The number of nitrogen functional groups attached to an aromatic ring is 1. The van der Waals surface area contributed by atoms with Crippen LogP contribution in [-0.2, 0) is 4.33 Å². The fraction of sp³-hybridized carbons (Fsp3) is 0. The van der Waals surface area contributed by atoms with Crippen LogP contribution in [0.4, 0.5) is 5.69 Å². The molecular formula is C6H7NO2S2. The number of benzene rings is 1. The molecule has 0 aliphatic carbocycles. The third-order valence-corrected chi connectivity index (χ3v) is 1.81. The van der Waals surface area contributed by atoms with Gasteiger partial charge in [0.15, 0.2) is 0 Å². The highest BCUT2D eigenvalue weighted by molar-refractivity contribution is 7.94. The minimum Gasteiger partial charge on any atom is -0.399 e. The third kappa shape index (κ3) is 2.63. The van der Waals surface area contributed by atoms with Crippen LogP contribution >= 0.6 is 24.7 Å². The highest BCUT2D eigenvalue weighted by atomic mass is 32.2. The molecule has 1 aromatic carbocycles. The molecule has 60 valence electrons. The summed E-state index contributed by atoms with van der Waals surface area (Å²) in [5.74, 6) is 0. The Morgan fingerprint density at radius 3 is 2.73 bits per heavy atom. The number of hydrogen-bond acceptors (Lipinski definition) is 5. The van der Waals surface area contributed by atoms with Gasteiger partial charge in [0.2, 0.25) is 0 Å². The maximum absolute atomic E-state index is 8.10. The predicted molar refractivity (Wildman–Crippen MR) is 47.7 cm³/mol. The number of rotatable bonds is 2. The molecule has 0 aliphatic heterocycles. The lowest BCUT2D eigenvalue weighted by molar-refractivity contribution is -0.116. The van der Waals surface area contributed by atoms with E-state index in [4.69, 9.17) is 11.0 Å². The molecule has 3 nitrogen and oxygen atoms in total. The Morgan fingerprint density at radius 2 is 2.18 bits per heavy atom. The first-order chi connectivity index (χ1) is 5.22. The van der Waals surface area contributed by atoms with Crippen LogP contribution in [0.15, 0.2) is 28.0 Å². The van der Waals surface area contributed by atoms with Crippen LogP contribution in [0, 0.1) is 0 Å². The number of thiol groups is 1. The summed E-state index contributed by atoms with van der Waals surface area (Å²) < 4.78 is 3.87. The van der Waals surface area contributed by atoms with Gasteiger partial charge in [0.25, 0.3) is 0 Å². The van der Waals surface area contributed by atoms with E-state index < -0.39 is 0 Å². The first kappa shape index (κ1) is 8.73. The Bertz CT molecular complexity index is 234. The Balaban J connectivity index is 2.89. The molecule has 5 heteroatoms. The van der Waals surface area contributed by atoms with Crippen molar-refractivity contribution in [3.63, 3.8) is 0 Å². The first-order valence-corrected chi connectivity index (χ1v) is 3.99. The van der Waals surface area contributed by atoms with Crippen molar-refractivity contribution in [3.8, 4) is 0 Å². The zero-order valence-electron chi connectivity index (χ0n) is 5.52. The van der Waals surface area contributed by atoms with E-state index in [9.17, 15) is 0 Å². The Kier molecular flexibility index (Phi) is 3.07. The average molecular weight is 189 g/mol. The molecule has 0 amide bonds. The SMILES string of the molecule is Nc1cc(S)cc(SOO)c1. The van der Waals surface area contributed by atoms with Crippen molar-refractivity contribution >= 4 is 30.4 Å². The molecule has 1 rings (SSSR count). The molecule has 1 aromatic rings. The van der Waals surface area contributed by atoms with E-state index in [-0.39, 0.29) is 0 Å². The van der Waals surface area contributed by atoms with Crippen molar-refractivity contribution < 1.29 is 9.59 Å². The zero-order valence-corrected chi connectivity index (χ0v) is 7.23. The van der Waals surface area contributed by atoms with Gasteiger partial charge in [-0.15, -0.1) is 12.6 Å². The second kappa shape index (κ2) is 3.87. The molecule has 0 unspecified atom stereocenters. The molecular weight excluding hydrogens is 182 g/mol. The molecule has 0 fully saturated rings. The normalized spacial score (nSPS) is 10.0. The van der Waals surface area contributed by atoms with E-state index >= 15 is 0 Å². The molecule has 0 aromatic heterocycles. The van der Waals surface area contributed by atoms with Crippen LogP contribution in [0.3, 0.4) is 0 Å². The second-order valence-corrected chi connectivity index (χ2v) is 3.22. The van der Waals surface area contributed by atoms with Gasteiger partial charge in [-0.25, -0.2) is 5.26 Å². The van der Waals surface area contributed by atoms with Gasteiger partial charge in [-0.3, -0.25) is 0 Å². The summed E-state index contributed by atoms with van der Waals surface area (Å²) >= 11 is 4.92. The van der Waals surface area contributed by atoms with E-state index in [2.05, 4.69) is 17.0 Å². The lowest BCUT2D eigenvalue weighted by Gasteiger charge is -1.99. The molecule has 0 saturated heterocycles. The summed E-state index contributed by atoms with van der Waals surface area (Å²) in [6, 6.07) is 5.13. The Morgan fingerprint density at radius 1 is 1.45 bits per heavy atom. The summed E-state index contributed by atoms with van der Waals surface area (Å²) in [7, 11) is 0. The minimum absolute atomic E-state index is 0.594. The summed E-state index contributed by atoms with van der Waals surface area (Å²) in [5, 5.41) is 8.10. The maximum Gasteiger partial charge on any atom is 0.0681 e. The van der Waals surface area contributed by atoms with Gasteiger partial charge in [0, 0.05) is 15.5 Å². The van der Waals surface area contributed by atoms with E-state index in [1.165, 1.54) is 0 Å². The molecule has 0 saturated carbocycles. The zero-order chi connectivity index (χ0) is 8.27. The quantitative estimate of drug-likeness (QED) is 0.219. The molecule has 0 bridgehead atoms. The number of nitrogens with two attached hydrogens (primary N) is 1. The molecule has 11 heavy (non-hydrogen) atoms. The average Bonchev–Trinajstić information content (AvgIpc) is 1.85. The second-order valence-electron chi connectivity index (χ2n) is 1.92. The molecule has 3 N–H and O–H groups in total. The molecule has 0 atom stereocenters. The van der Waals surface area contributed by atoms with Gasteiger partial charge in [-0.05, 0) is 18.2 Å². The molecule has 0 heterocycles. The van der Waals surface area contributed by atoms with Crippen molar-refractivity contribution in [2.45, 2.75) is 9.79 Å². The van der Waals surface area contributed by atoms with Gasteiger partial charge in [0.1, 0.15) is 0 Å². The first-order valence-electron chi connectivity index (χ1n) is 2.80. The maximum atomic E-state index is 8.10. The highest BCUT2D eigenvalue weighted by Gasteiger charge is 1.96. The van der Waals surface area contributed by atoms with Gasteiger partial charge >= 0.3 is 0 Å². The fourth-order valence-corrected chi connectivity index (χ4v) is 1.52. The van der Waals surface area contributed by atoms with Gasteiger partial charge in [-0.2, -0.15) is 4.33 Å². The van der Waals surface area contributed by atoms with Crippen molar-refractivity contribution in [1.82, 2.24) is 0 Å². The van der Waals surface area contributed by atoms with Gasteiger partial charge in [0.05, 0.1) is 12.0 Å². The minimum atomic E-state index is 0.594. The van der Waals surface area contributed by atoms with Crippen molar-refractivity contribution in [1.29, 1.82) is 0 Å². The van der Waals surface area contributed by atoms with Crippen molar-refractivity contribution in [2.24, 2.45) is 0 Å². The lowest BCUT2D eigenvalue weighted by Crippen LogP contribution is -1.85. The Hall–Kier alpha value is -0.360. The van der Waals surface area contributed by atoms with E-state index in [0.717, 1.165) is 21.8 Å². The monoisotopic (exact) mass is 189 g/mol. The van der Waals surface area contributed by atoms with Gasteiger partial charge in [-0.1, -0.05) is 0 Å². The Labute approximate surface area is 74.1 Å². The van der Waals surface area contributed by atoms with E-state index in [1.54, 1.807) is 18.2 Å². The van der Waals surface area contributed by atoms with Crippen LogP contribution in [0.1, 0.15) is 0 Å². The standard InChI is InChI=1S/C6H7NO2S2/c7-4-1-5(10)3-6(2-4)11-9-8/h1-3,8,10H,7H2. The summed E-state index contributed by atoms with van der Waals surface area (Å²) in [4.78, 5) is 1.46. The third-order valence-electron chi connectivity index (χ3n) is 1.05. The largest absolute Gasteiger partial charge is 0.399 e. The van der Waals surface area contributed by atoms with E-state index in [0.29, 0.717) is 5.69 Å². The number of hydrogen-bond donors (Lipinski definition) is 3. The number of anilines is 1. The van der Waals surface area contributed by atoms with Crippen LogP contribution in [0.2, 0.25) is 0 Å².